The van der Waals surface area contributed by atoms with Gasteiger partial charge in [-0.1, -0.05) is 6.07 Å². The lowest BCUT2D eigenvalue weighted by molar-refractivity contribution is 0.324. The van der Waals surface area contributed by atoms with Gasteiger partial charge in [0, 0.05) is 31.9 Å². The van der Waals surface area contributed by atoms with E-state index in [1.807, 2.05) is 32.3 Å². The number of nitrogens with one attached hydrogen (secondary N) is 1. The maximum atomic E-state index is 11.9. The number of fused-ring (bicyclic) bond motifs is 1. The smallest absolute Gasteiger partial charge is 0.258 e. The molecule has 0 aliphatic rings. The third-order valence-electron chi connectivity index (χ3n) is 2.80. The third-order valence-corrected chi connectivity index (χ3v) is 2.80. The Morgan fingerprint density at radius 3 is 3.06 bits per heavy atom. The maximum Gasteiger partial charge on any atom is 0.258 e. The van der Waals surface area contributed by atoms with Crippen LogP contribution >= 0.6 is 0 Å². The number of hydrogen-bond acceptors (Lipinski definition) is 4. The molecule has 0 fully saturated rings. The van der Waals surface area contributed by atoms with Gasteiger partial charge in [0.2, 0.25) is 0 Å². The molecule has 0 aliphatic heterocycles. The van der Waals surface area contributed by atoms with Crippen molar-refractivity contribution in [1.82, 2.24) is 19.6 Å². The number of pyridine rings is 1. The molecule has 0 aliphatic carbocycles. The van der Waals surface area contributed by atoms with E-state index in [1.54, 1.807) is 16.7 Å². The zero-order chi connectivity index (χ0) is 13.0. The van der Waals surface area contributed by atoms with E-state index in [1.165, 1.54) is 0 Å². The molecule has 5 heteroatoms. The van der Waals surface area contributed by atoms with Crippen molar-refractivity contribution in [1.29, 1.82) is 0 Å². The molecule has 1 N–H and O–H groups in total. The van der Waals surface area contributed by atoms with Crippen molar-refractivity contribution in [3.05, 3.63) is 46.5 Å². The quantitative estimate of drug-likeness (QED) is 0.827. The Bertz CT molecular complexity index is 578. The van der Waals surface area contributed by atoms with Crippen LogP contribution in [-0.2, 0) is 6.54 Å². The minimum atomic E-state index is -0.0300. The molecular formula is C13H18N4O. The predicted molar refractivity (Wildman–Crippen MR) is 71.7 cm³/mol. The molecule has 0 saturated carbocycles. The fourth-order valence-corrected chi connectivity index (χ4v) is 1.84. The fraction of sp³-hybridized carbons (Fsp3) is 0.385. The number of aromatic nitrogens is 2. The minimum Gasteiger partial charge on any atom is -0.318 e. The van der Waals surface area contributed by atoms with Gasteiger partial charge in [-0.25, -0.2) is 4.98 Å². The highest BCUT2D eigenvalue weighted by molar-refractivity contribution is 5.37. The van der Waals surface area contributed by atoms with Crippen LogP contribution in [0.5, 0.6) is 0 Å². The van der Waals surface area contributed by atoms with Gasteiger partial charge in [-0.3, -0.25) is 14.1 Å². The van der Waals surface area contributed by atoms with E-state index in [2.05, 4.69) is 15.2 Å². The normalized spacial score (nSPS) is 11.3. The van der Waals surface area contributed by atoms with Crippen molar-refractivity contribution in [2.45, 2.75) is 6.54 Å². The molecular weight excluding hydrogens is 228 g/mol. The van der Waals surface area contributed by atoms with Gasteiger partial charge in [0.05, 0.1) is 5.69 Å². The Morgan fingerprint density at radius 1 is 1.44 bits per heavy atom. The SMILES string of the molecule is CNCCN(C)Cc1cc(=O)n2ccccc2n1. The van der Waals surface area contributed by atoms with Gasteiger partial charge in [-0.15, -0.1) is 0 Å². The van der Waals surface area contributed by atoms with Crippen molar-refractivity contribution in [2.75, 3.05) is 27.2 Å². The van der Waals surface area contributed by atoms with Crippen molar-refractivity contribution >= 4 is 5.65 Å². The van der Waals surface area contributed by atoms with Crippen LogP contribution in [-0.4, -0.2) is 41.5 Å². The van der Waals surface area contributed by atoms with Crippen LogP contribution in [0.2, 0.25) is 0 Å². The molecule has 0 spiro atoms. The van der Waals surface area contributed by atoms with Gasteiger partial charge in [-0.05, 0) is 26.2 Å². The Hall–Kier alpha value is -1.72. The first-order chi connectivity index (χ1) is 8.70. The van der Waals surface area contributed by atoms with Crippen LogP contribution in [0.4, 0.5) is 0 Å². The summed E-state index contributed by atoms with van der Waals surface area (Å²) < 4.78 is 1.55. The molecule has 2 heterocycles. The van der Waals surface area contributed by atoms with Crippen molar-refractivity contribution in [2.24, 2.45) is 0 Å². The van der Waals surface area contributed by atoms with E-state index in [9.17, 15) is 4.79 Å². The topological polar surface area (TPSA) is 49.6 Å². The molecule has 96 valence electrons. The van der Waals surface area contributed by atoms with Crippen molar-refractivity contribution in [3.8, 4) is 0 Å². The number of hydrogen-bond donors (Lipinski definition) is 1. The standard InChI is InChI=1S/C13H18N4O/c1-14-6-8-16(2)10-11-9-13(18)17-7-4-3-5-12(17)15-11/h3-5,7,9,14H,6,8,10H2,1-2H3. The Balaban J connectivity index is 2.22. The van der Waals surface area contributed by atoms with E-state index in [4.69, 9.17) is 0 Å². The molecule has 2 aromatic heterocycles. The molecule has 0 amide bonds. The summed E-state index contributed by atoms with van der Waals surface area (Å²) in [5.74, 6) is 0. The Morgan fingerprint density at radius 2 is 2.28 bits per heavy atom. The Kier molecular flexibility index (Phi) is 4.07. The van der Waals surface area contributed by atoms with Crippen LogP contribution in [0.25, 0.3) is 5.65 Å². The van der Waals surface area contributed by atoms with Gasteiger partial charge < -0.3 is 5.32 Å². The number of rotatable bonds is 5. The first-order valence-electron chi connectivity index (χ1n) is 6.01. The summed E-state index contributed by atoms with van der Waals surface area (Å²) in [5.41, 5.74) is 1.48. The van der Waals surface area contributed by atoms with Gasteiger partial charge >= 0.3 is 0 Å². The number of likely N-dealkylation sites (N-methyl/N-ethyl adjacent to an activating group) is 2. The first-order valence-corrected chi connectivity index (χ1v) is 6.01. The lowest BCUT2D eigenvalue weighted by atomic mass is 10.3. The minimum absolute atomic E-state index is 0.0300. The number of nitrogens with zero attached hydrogens (tertiary/aromatic N) is 3. The third kappa shape index (κ3) is 2.94. The average molecular weight is 246 g/mol. The van der Waals surface area contributed by atoms with E-state index >= 15 is 0 Å². The molecule has 0 atom stereocenters. The first kappa shape index (κ1) is 12.7. The van der Waals surface area contributed by atoms with E-state index < -0.39 is 0 Å². The second-order valence-corrected chi connectivity index (χ2v) is 4.36. The van der Waals surface area contributed by atoms with Crippen LogP contribution in [0, 0.1) is 0 Å². The molecule has 0 bridgehead atoms. The summed E-state index contributed by atoms with van der Waals surface area (Å²) in [6.45, 7) is 2.53. The summed E-state index contributed by atoms with van der Waals surface area (Å²) in [6.07, 6.45) is 1.74. The second-order valence-electron chi connectivity index (χ2n) is 4.36. The van der Waals surface area contributed by atoms with Crippen LogP contribution in [0.15, 0.2) is 35.3 Å². The average Bonchev–Trinajstić information content (AvgIpc) is 2.36. The summed E-state index contributed by atoms with van der Waals surface area (Å²) in [4.78, 5) is 18.5. The van der Waals surface area contributed by atoms with Crippen LogP contribution in [0.3, 0.4) is 0 Å². The van der Waals surface area contributed by atoms with Gasteiger partial charge in [0.1, 0.15) is 5.65 Å². The molecule has 2 aromatic rings. The molecule has 0 saturated heterocycles. The maximum absolute atomic E-state index is 11.9. The summed E-state index contributed by atoms with van der Waals surface area (Å²) in [7, 11) is 3.94. The molecule has 0 unspecified atom stereocenters. The predicted octanol–water partition coefficient (Wildman–Crippen LogP) is 0.346. The second kappa shape index (κ2) is 5.75. The molecule has 0 aromatic carbocycles. The van der Waals surface area contributed by atoms with Crippen LogP contribution in [0.1, 0.15) is 5.69 Å². The fourth-order valence-electron chi connectivity index (χ4n) is 1.84. The van der Waals surface area contributed by atoms with E-state index in [0.29, 0.717) is 12.2 Å². The molecule has 18 heavy (non-hydrogen) atoms. The van der Waals surface area contributed by atoms with Gasteiger partial charge in [0.25, 0.3) is 5.56 Å². The van der Waals surface area contributed by atoms with Crippen LogP contribution < -0.4 is 10.9 Å². The summed E-state index contributed by atoms with van der Waals surface area (Å²) >= 11 is 0. The van der Waals surface area contributed by atoms with E-state index in [-0.39, 0.29) is 5.56 Å². The zero-order valence-electron chi connectivity index (χ0n) is 10.8. The van der Waals surface area contributed by atoms with E-state index in [0.717, 1.165) is 18.8 Å². The Labute approximate surface area is 106 Å². The van der Waals surface area contributed by atoms with Crippen molar-refractivity contribution < 1.29 is 0 Å². The summed E-state index contributed by atoms with van der Waals surface area (Å²) in [5, 5.41) is 3.10. The lowest BCUT2D eigenvalue weighted by Gasteiger charge is -2.15. The van der Waals surface area contributed by atoms with Gasteiger partial charge in [-0.2, -0.15) is 0 Å². The highest BCUT2D eigenvalue weighted by Crippen LogP contribution is 2.01. The van der Waals surface area contributed by atoms with Crippen molar-refractivity contribution in [3.63, 3.8) is 0 Å². The van der Waals surface area contributed by atoms with Gasteiger partial charge in [0.15, 0.2) is 0 Å². The highest BCUT2D eigenvalue weighted by atomic mass is 16.1. The largest absolute Gasteiger partial charge is 0.318 e. The molecule has 5 nitrogen and oxygen atoms in total. The monoisotopic (exact) mass is 246 g/mol. The zero-order valence-corrected chi connectivity index (χ0v) is 10.8. The molecule has 0 radical (unpaired) electrons. The molecule has 2 rings (SSSR count). The highest BCUT2D eigenvalue weighted by Gasteiger charge is 2.04. The lowest BCUT2D eigenvalue weighted by Crippen LogP contribution is -2.28. The summed E-state index contributed by atoms with van der Waals surface area (Å²) in [6, 6.07) is 7.16.